The first-order valence-corrected chi connectivity index (χ1v) is 8.56. The van der Waals surface area contributed by atoms with E-state index >= 15 is 0 Å². The number of hydrogen-bond acceptors (Lipinski definition) is 4. The summed E-state index contributed by atoms with van der Waals surface area (Å²) >= 11 is 0. The Balaban J connectivity index is 2.30. The molecular formula is C12H25N3O3S. The Hall–Kier alpha value is -0.660. The highest BCUT2D eigenvalue weighted by Gasteiger charge is 2.24. The molecule has 0 spiro atoms. The Bertz CT molecular complexity index is 376. The summed E-state index contributed by atoms with van der Waals surface area (Å²) in [5, 5.41) is 3.02. The summed E-state index contributed by atoms with van der Waals surface area (Å²) in [6.45, 7) is 3.77. The summed E-state index contributed by atoms with van der Waals surface area (Å²) in [6.07, 6.45) is 2.82. The third-order valence-corrected chi connectivity index (χ3v) is 4.84. The zero-order valence-corrected chi connectivity index (χ0v) is 12.6. The molecule has 1 aliphatic heterocycles. The predicted molar refractivity (Wildman–Crippen MR) is 75.4 cm³/mol. The van der Waals surface area contributed by atoms with Crippen molar-refractivity contribution in [3.63, 3.8) is 0 Å². The van der Waals surface area contributed by atoms with E-state index in [4.69, 9.17) is 0 Å². The van der Waals surface area contributed by atoms with E-state index in [0.717, 1.165) is 13.0 Å². The zero-order chi connectivity index (χ0) is 14.3. The van der Waals surface area contributed by atoms with Crippen LogP contribution in [0.1, 0.15) is 32.6 Å². The lowest BCUT2D eigenvalue weighted by Crippen LogP contribution is -2.46. The predicted octanol–water partition coefficient (Wildman–Crippen LogP) is -0.0837. The molecule has 0 radical (unpaired) electrons. The number of hydrogen-bond donors (Lipinski definition) is 2. The Labute approximate surface area is 116 Å². The van der Waals surface area contributed by atoms with Gasteiger partial charge in [-0.05, 0) is 39.8 Å². The number of likely N-dealkylation sites (tertiary alicyclic amines) is 1. The summed E-state index contributed by atoms with van der Waals surface area (Å²) in [5.74, 6) is 0.280. The quantitative estimate of drug-likeness (QED) is 0.643. The second-order valence-corrected chi connectivity index (χ2v) is 6.93. The molecule has 7 heteroatoms. The normalized spacial score (nSPS) is 17.7. The highest BCUT2D eigenvalue weighted by Crippen LogP contribution is 2.13. The van der Waals surface area contributed by atoms with E-state index in [-0.39, 0.29) is 17.7 Å². The van der Waals surface area contributed by atoms with E-state index in [0.29, 0.717) is 32.4 Å². The Morgan fingerprint density at radius 1 is 1.32 bits per heavy atom. The van der Waals surface area contributed by atoms with Crippen molar-refractivity contribution >= 4 is 15.9 Å². The minimum Gasteiger partial charge on any atom is -0.343 e. The van der Waals surface area contributed by atoms with Crippen molar-refractivity contribution in [2.75, 3.05) is 32.4 Å². The van der Waals surface area contributed by atoms with Crippen LogP contribution in [0.4, 0.5) is 0 Å². The highest BCUT2D eigenvalue weighted by molar-refractivity contribution is 7.89. The number of amides is 1. The number of nitrogens with one attached hydrogen (secondary N) is 2. The van der Waals surface area contributed by atoms with Gasteiger partial charge in [0.05, 0.1) is 5.75 Å². The maximum absolute atomic E-state index is 11.9. The molecule has 1 aliphatic rings. The Morgan fingerprint density at radius 2 is 1.95 bits per heavy atom. The van der Waals surface area contributed by atoms with Crippen LogP contribution in [0.25, 0.3) is 0 Å². The van der Waals surface area contributed by atoms with Gasteiger partial charge in [0.2, 0.25) is 15.9 Å². The zero-order valence-electron chi connectivity index (χ0n) is 11.8. The molecule has 0 bridgehead atoms. The van der Waals surface area contributed by atoms with Gasteiger partial charge in [-0.2, -0.15) is 0 Å². The summed E-state index contributed by atoms with van der Waals surface area (Å²) in [5.41, 5.74) is 0. The SMILES string of the molecule is CCS(=O)(=O)NC1CCN(C(=O)CCCNC)CC1. The van der Waals surface area contributed by atoms with Gasteiger partial charge in [-0.25, -0.2) is 13.1 Å². The first kappa shape index (κ1) is 16.4. The molecule has 0 aromatic rings. The summed E-state index contributed by atoms with van der Waals surface area (Å²) in [7, 11) is -1.27. The van der Waals surface area contributed by atoms with Crippen molar-refractivity contribution in [2.45, 2.75) is 38.6 Å². The van der Waals surface area contributed by atoms with Crippen molar-refractivity contribution in [2.24, 2.45) is 0 Å². The van der Waals surface area contributed by atoms with E-state index in [2.05, 4.69) is 10.0 Å². The van der Waals surface area contributed by atoms with Crippen LogP contribution in [0.2, 0.25) is 0 Å². The van der Waals surface area contributed by atoms with Crippen LogP contribution in [-0.2, 0) is 14.8 Å². The maximum Gasteiger partial charge on any atom is 0.222 e. The topological polar surface area (TPSA) is 78.5 Å². The molecule has 0 saturated carbocycles. The number of carbonyl (C=O) groups is 1. The van der Waals surface area contributed by atoms with Gasteiger partial charge in [0.1, 0.15) is 0 Å². The molecule has 0 unspecified atom stereocenters. The van der Waals surface area contributed by atoms with Gasteiger partial charge in [0.25, 0.3) is 0 Å². The van der Waals surface area contributed by atoms with Crippen LogP contribution < -0.4 is 10.0 Å². The first-order valence-electron chi connectivity index (χ1n) is 6.91. The maximum atomic E-state index is 11.9. The van der Waals surface area contributed by atoms with Crippen LogP contribution in [0.3, 0.4) is 0 Å². The Morgan fingerprint density at radius 3 is 2.47 bits per heavy atom. The lowest BCUT2D eigenvalue weighted by molar-refractivity contribution is -0.132. The van der Waals surface area contributed by atoms with E-state index in [1.165, 1.54) is 0 Å². The molecule has 2 N–H and O–H groups in total. The average Bonchev–Trinajstić information content (AvgIpc) is 2.39. The third-order valence-electron chi connectivity index (χ3n) is 3.39. The van der Waals surface area contributed by atoms with E-state index in [1.54, 1.807) is 6.92 Å². The van der Waals surface area contributed by atoms with Crippen molar-refractivity contribution in [1.82, 2.24) is 14.9 Å². The number of rotatable bonds is 7. The van der Waals surface area contributed by atoms with Crippen LogP contribution in [0, 0.1) is 0 Å². The molecule has 1 heterocycles. The van der Waals surface area contributed by atoms with Crippen LogP contribution >= 0.6 is 0 Å². The van der Waals surface area contributed by atoms with Crippen LogP contribution in [0.15, 0.2) is 0 Å². The van der Waals surface area contributed by atoms with Gasteiger partial charge < -0.3 is 10.2 Å². The van der Waals surface area contributed by atoms with Gasteiger partial charge in [-0.15, -0.1) is 0 Å². The molecule has 1 saturated heterocycles. The molecule has 6 nitrogen and oxygen atoms in total. The van der Waals surface area contributed by atoms with Crippen molar-refractivity contribution < 1.29 is 13.2 Å². The summed E-state index contributed by atoms with van der Waals surface area (Å²) in [4.78, 5) is 13.7. The second-order valence-electron chi connectivity index (χ2n) is 4.88. The molecule has 0 aromatic heterocycles. The number of carbonyl (C=O) groups excluding carboxylic acids is 1. The van der Waals surface area contributed by atoms with Crippen molar-refractivity contribution in [3.05, 3.63) is 0 Å². The lowest BCUT2D eigenvalue weighted by Gasteiger charge is -2.32. The van der Waals surface area contributed by atoms with E-state index in [9.17, 15) is 13.2 Å². The number of sulfonamides is 1. The third kappa shape index (κ3) is 5.88. The average molecular weight is 291 g/mol. The fourth-order valence-corrected chi connectivity index (χ4v) is 3.07. The minimum absolute atomic E-state index is 0.0219. The van der Waals surface area contributed by atoms with E-state index in [1.807, 2.05) is 11.9 Å². The first-order chi connectivity index (χ1) is 8.98. The summed E-state index contributed by atoms with van der Waals surface area (Å²) in [6, 6.07) is -0.0219. The van der Waals surface area contributed by atoms with Crippen molar-refractivity contribution in [3.8, 4) is 0 Å². The molecule has 0 aliphatic carbocycles. The van der Waals surface area contributed by atoms with Gasteiger partial charge in [0, 0.05) is 25.6 Å². The minimum atomic E-state index is -3.14. The lowest BCUT2D eigenvalue weighted by atomic mass is 10.1. The van der Waals surface area contributed by atoms with Crippen LogP contribution in [0.5, 0.6) is 0 Å². The molecular weight excluding hydrogens is 266 g/mol. The van der Waals surface area contributed by atoms with Gasteiger partial charge >= 0.3 is 0 Å². The van der Waals surface area contributed by atoms with Gasteiger partial charge in [-0.3, -0.25) is 4.79 Å². The van der Waals surface area contributed by atoms with Gasteiger partial charge in [-0.1, -0.05) is 0 Å². The van der Waals surface area contributed by atoms with Crippen molar-refractivity contribution in [1.29, 1.82) is 0 Å². The standard InChI is InChI=1S/C12H25N3O3S/c1-3-19(17,18)14-11-6-9-15(10-7-11)12(16)5-4-8-13-2/h11,13-14H,3-10H2,1-2H3. The number of piperidine rings is 1. The monoisotopic (exact) mass is 291 g/mol. The summed E-state index contributed by atoms with van der Waals surface area (Å²) < 4.78 is 25.6. The second kappa shape index (κ2) is 7.81. The largest absolute Gasteiger partial charge is 0.343 e. The fourth-order valence-electron chi connectivity index (χ4n) is 2.16. The Kier molecular flexibility index (Phi) is 6.74. The number of nitrogens with zero attached hydrogens (tertiary/aromatic N) is 1. The van der Waals surface area contributed by atoms with Crippen LogP contribution in [-0.4, -0.2) is 57.7 Å². The van der Waals surface area contributed by atoms with E-state index < -0.39 is 10.0 Å². The molecule has 19 heavy (non-hydrogen) atoms. The fraction of sp³-hybridized carbons (Fsp3) is 0.917. The molecule has 0 aromatic carbocycles. The molecule has 1 rings (SSSR count). The molecule has 1 fully saturated rings. The molecule has 112 valence electrons. The molecule has 1 amide bonds. The highest BCUT2D eigenvalue weighted by atomic mass is 32.2. The molecule has 0 atom stereocenters. The van der Waals surface area contributed by atoms with Gasteiger partial charge in [0.15, 0.2) is 0 Å². The smallest absolute Gasteiger partial charge is 0.222 e.